The van der Waals surface area contributed by atoms with Crippen molar-refractivity contribution >= 4 is 53.3 Å². The highest BCUT2D eigenvalue weighted by atomic mass is 16.4. The highest BCUT2D eigenvalue weighted by Crippen LogP contribution is 2.26. The van der Waals surface area contributed by atoms with Crippen LogP contribution in [0.4, 0.5) is 0 Å². The summed E-state index contributed by atoms with van der Waals surface area (Å²) in [6, 6.07) is -8.50. The van der Waals surface area contributed by atoms with Crippen LogP contribution < -0.4 is 49.9 Å². The minimum atomic E-state index is -1.66. The van der Waals surface area contributed by atoms with E-state index >= 15 is 0 Å². The Hall–Kier alpha value is -5.29. The lowest BCUT2D eigenvalue weighted by Crippen LogP contribution is -2.59. The number of hydrogen-bond acceptors (Lipinski definition) is 12. The number of carboxylic acids is 1. The van der Waals surface area contributed by atoms with E-state index in [0.717, 1.165) is 0 Å². The molecule has 0 bridgehead atoms. The Balaban J connectivity index is 2.16. The first-order valence-corrected chi connectivity index (χ1v) is 18.1. The molecule has 310 valence electrons. The normalized spacial score (nSPS) is 19.8. The summed E-state index contributed by atoms with van der Waals surface area (Å²) in [5, 5.41) is 38.3. The Morgan fingerprint density at radius 3 is 1.80 bits per heavy atom. The lowest BCUT2D eigenvalue weighted by atomic mass is 10.1. The van der Waals surface area contributed by atoms with Crippen molar-refractivity contribution in [3.05, 3.63) is 0 Å². The molecule has 0 aliphatic carbocycles. The number of aliphatic hydroxyl groups excluding tert-OH is 2. The molecule has 0 aromatic rings. The maximum Gasteiger partial charge on any atom is 0.328 e. The van der Waals surface area contributed by atoms with Gasteiger partial charge in [-0.3, -0.25) is 38.8 Å². The Labute approximate surface area is 318 Å². The molecule has 2 heterocycles. The molecule has 2 aliphatic heterocycles. The Bertz CT molecular complexity index is 1440. The minimum absolute atomic E-state index is 0.0300. The third kappa shape index (κ3) is 14.1. The second-order valence-electron chi connectivity index (χ2n) is 13.5. The molecule has 0 radical (unpaired) electrons. The molecule has 2 aliphatic rings. The van der Waals surface area contributed by atoms with Crippen molar-refractivity contribution in [3.8, 4) is 0 Å². The molecule has 0 aromatic carbocycles. The molecule has 23 nitrogen and oxygen atoms in total. The highest BCUT2D eigenvalue weighted by Gasteiger charge is 2.44. The van der Waals surface area contributed by atoms with E-state index in [0.29, 0.717) is 25.7 Å². The van der Waals surface area contributed by atoms with E-state index in [4.69, 9.17) is 28.7 Å². The number of nitrogens with two attached hydrogens (primary N) is 5. The van der Waals surface area contributed by atoms with E-state index < -0.39 is 96.4 Å². The number of aliphatic carboxylic acids is 1. The van der Waals surface area contributed by atoms with E-state index in [2.05, 4.69) is 31.3 Å². The number of nitrogens with zero attached hydrogens (tertiary/aromatic N) is 4. The van der Waals surface area contributed by atoms with Gasteiger partial charge in [0.2, 0.25) is 35.4 Å². The Kier molecular flexibility index (Phi) is 18.5. The molecule has 17 N–H and O–H groups in total. The molecule has 8 atom stereocenters. The van der Waals surface area contributed by atoms with E-state index in [-0.39, 0.29) is 63.8 Å². The van der Waals surface area contributed by atoms with E-state index in [1.165, 1.54) is 23.6 Å². The quantitative estimate of drug-likeness (QED) is 0.0293. The van der Waals surface area contributed by atoms with E-state index in [9.17, 15) is 48.9 Å². The molecule has 2 saturated heterocycles. The molecule has 0 aromatic heterocycles. The molecular weight excluding hydrogens is 726 g/mol. The van der Waals surface area contributed by atoms with Crippen LogP contribution in [0.15, 0.2) is 9.98 Å². The number of nitrogens with one attached hydrogen (secondary N) is 4. The van der Waals surface area contributed by atoms with Gasteiger partial charge in [0.15, 0.2) is 18.0 Å². The van der Waals surface area contributed by atoms with Crippen LogP contribution in [0.5, 0.6) is 0 Å². The number of aliphatic imine (C=N–C) groups is 2. The van der Waals surface area contributed by atoms with Crippen LogP contribution >= 0.6 is 0 Å². The van der Waals surface area contributed by atoms with Crippen molar-refractivity contribution in [2.75, 3.05) is 32.8 Å². The number of guanidine groups is 2. The molecule has 0 spiro atoms. The third-order valence-corrected chi connectivity index (χ3v) is 9.13. The van der Waals surface area contributed by atoms with Crippen LogP contribution in [0.25, 0.3) is 0 Å². The maximum atomic E-state index is 14.0. The molecule has 2 fully saturated rings. The largest absolute Gasteiger partial charge is 0.480 e. The first-order chi connectivity index (χ1) is 25.9. The van der Waals surface area contributed by atoms with Gasteiger partial charge in [-0.1, -0.05) is 0 Å². The molecule has 0 unspecified atom stereocenters. The van der Waals surface area contributed by atoms with Crippen molar-refractivity contribution in [1.82, 2.24) is 31.1 Å². The fraction of sp³-hybridized carbons (Fsp3) is 0.719. The van der Waals surface area contributed by atoms with Gasteiger partial charge in [0.05, 0.1) is 12.7 Å². The van der Waals surface area contributed by atoms with Gasteiger partial charge in [-0.05, 0) is 65.2 Å². The zero-order valence-electron chi connectivity index (χ0n) is 31.2. The summed E-state index contributed by atoms with van der Waals surface area (Å²) in [5.74, 6) is -5.98. The van der Waals surface area contributed by atoms with E-state index in [1.807, 2.05) is 0 Å². The van der Waals surface area contributed by atoms with Crippen LogP contribution in [0.3, 0.4) is 0 Å². The number of carboxylic acid groups (broad SMARTS) is 1. The summed E-state index contributed by atoms with van der Waals surface area (Å²) < 4.78 is 0. The van der Waals surface area contributed by atoms with Gasteiger partial charge in [-0.15, -0.1) is 0 Å². The average molecular weight is 784 g/mol. The number of carbonyl (C=O) groups excluding carboxylic acids is 6. The van der Waals surface area contributed by atoms with Gasteiger partial charge in [0, 0.05) is 26.2 Å². The molecule has 2 rings (SSSR count). The highest BCUT2D eigenvalue weighted by molar-refractivity contribution is 5.97. The first kappa shape index (κ1) is 45.9. The summed E-state index contributed by atoms with van der Waals surface area (Å²) in [6.07, 6.45) is 0.602. The summed E-state index contributed by atoms with van der Waals surface area (Å²) in [4.78, 5) is 102. The maximum absolute atomic E-state index is 14.0. The van der Waals surface area contributed by atoms with Crippen molar-refractivity contribution < 1.29 is 48.9 Å². The molecule has 6 amide bonds. The van der Waals surface area contributed by atoms with Gasteiger partial charge in [-0.2, -0.15) is 0 Å². The summed E-state index contributed by atoms with van der Waals surface area (Å²) in [5.41, 5.74) is 27.1. The number of carbonyl (C=O) groups is 7. The van der Waals surface area contributed by atoms with Crippen molar-refractivity contribution in [2.45, 2.75) is 114 Å². The van der Waals surface area contributed by atoms with Crippen molar-refractivity contribution in [3.63, 3.8) is 0 Å². The lowest BCUT2D eigenvalue weighted by molar-refractivity contribution is -0.148. The van der Waals surface area contributed by atoms with Crippen LogP contribution in [0, 0.1) is 0 Å². The van der Waals surface area contributed by atoms with E-state index in [1.54, 1.807) is 0 Å². The first-order valence-electron chi connectivity index (χ1n) is 18.1. The second-order valence-corrected chi connectivity index (χ2v) is 13.5. The second kappa shape index (κ2) is 22.2. The average Bonchev–Trinajstić information content (AvgIpc) is 3.82. The molecular formula is C32H57N13O10. The van der Waals surface area contributed by atoms with Gasteiger partial charge in [0.1, 0.15) is 36.3 Å². The number of aliphatic hydroxyl groups is 2. The van der Waals surface area contributed by atoms with Crippen LogP contribution in [-0.2, 0) is 33.6 Å². The standard InChI is InChI=1S/C32H57N13O10/c1-16(24(48)41-19(7-3-11-38-31(34)35)26(50)43-23(17(2)47)30(54)55)40-27(51)21-9-5-13-44(21)29(53)22-10-6-14-45(22)28(52)20(8-4-12-39-32(36)37)42-25(49)18(33)15-46/h16-23,46-47H,3-15,33H2,1-2H3,(H,40,51)(H,41,48)(H,42,49)(H,43,50)(H,54,55)(H4,34,35,38)(H4,36,37,39)/t16-,17+,18-,19-,20-,21-,22-,23-/m0/s1. The predicted molar refractivity (Wildman–Crippen MR) is 197 cm³/mol. The monoisotopic (exact) mass is 783 g/mol. The topological polar surface area (TPSA) is 390 Å². The van der Waals surface area contributed by atoms with Crippen molar-refractivity contribution in [2.24, 2.45) is 38.7 Å². The third-order valence-electron chi connectivity index (χ3n) is 9.13. The van der Waals surface area contributed by atoms with Gasteiger partial charge in [-0.25, -0.2) is 4.79 Å². The van der Waals surface area contributed by atoms with Gasteiger partial charge in [0.25, 0.3) is 0 Å². The number of rotatable bonds is 21. The van der Waals surface area contributed by atoms with Gasteiger partial charge < -0.3 is 75.1 Å². The minimum Gasteiger partial charge on any atom is -0.480 e. The van der Waals surface area contributed by atoms with Crippen LogP contribution in [0.1, 0.15) is 65.2 Å². The number of amides is 6. The number of hydrogen-bond donors (Lipinski definition) is 12. The lowest BCUT2D eigenvalue weighted by Gasteiger charge is -2.33. The zero-order valence-corrected chi connectivity index (χ0v) is 31.2. The van der Waals surface area contributed by atoms with Gasteiger partial charge >= 0.3 is 5.97 Å². The fourth-order valence-electron chi connectivity index (χ4n) is 6.19. The smallest absolute Gasteiger partial charge is 0.328 e. The van der Waals surface area contributed by atoms with Crippen molar-refractivity contribution in [1.29, 1.82) is 0 Å². The molecule has 23 heteroatoms. The molecule has 0 saturated carbocycles. The predicted octanol–water partition coefficient (Wildman–Crippen LogP) is -6.18. The molecule has 55 heavy (non-hydrogen) atoms. The Morgan fingerprint density at radius 2 is 1.27 bits per heavy atom. The summed E-state index contributed by atoms with van der Waals surface area (Å²) in [6.45, 7) is 2.54. The number of likely N-dealkylation sites (tertiary alicyclic amines) is 2. The summed E-state index contributed by atoms with van der Waals surface area (Å²) in [7, 11) is 0. The summed E-state index contributed by atoms with van der Waals surface area (Å²) >= 11 is 0. The fourth-order valence-corrected chi connectivity index (χ4v) is 6.19. The van der Waals surface area contributed by atoms with Crippen LogP contribution in [0.2, 0.25) is 0 Å². The van der Waals surface area contributed by atoms with Crippen LogP contribution in [-0.4, -0.2) is 160 Å². The Morgan fingerprint density at radius 1 is 0.745 bits per heavy atom. The SMILES string of the molecule is C[C@H](NC(=O)[C@@H]1CCCN1C(=O)[C@@H]1CCCN1C(=O)[C@H](CCCN=C(N)N)NC(=O)[C@@H](N)CO)C(=O)N[C@@H](CCCN=C(N)N)C(=O)N[C@H](C(=O)O)[C@@H](C)O. The zero-order chi connectivity index (χ0) is 41.4.